The Labute approximate surface area is 61.0 Å². The molecule has 0 atom stereocenters. The molecule has 1 heterocycles. The molecule has 0 aliphatic carbocycles. The minimum absolute atomic E-state index is 0.0777. The van der Waals surface area contributed by atoms with E-state index in [1.54, 1.807) is 18.9 Å². The van der Waals surface area contributed by atoms with Gasteiger partial charge in [0.1, 0.15) is 0 Å². The van der Waals surface area contributed by atoms with E-state index in [2.05, 4.69) is 0 Å². The van der Waals surface area contributed by atoms with Gasteiger partial charge in [0.05, 0.1) is 18.7 Å². The number of likely N-dealkylation sites (tertiary alicyclic amines) is 1. The summed E-state index contributed by atoms with van der Waals surface area (Å²) in [6.45, 7) is 5.05. The van der Waals surface area contributed by atoms with Crippen molar-refractivity contribution in [3.8, 4) is 0 Å². The molecule has 0 saturated carbocycles. The van der Waals surface area contributed by atoms with Gasteiger partial charge in [0.25, 0.3) is 0 Å². The summed E-state index contributed by atoms with van der Waals surface area (Å²) in [6, 6.07) is 0. The van der Waals surface area contributed by atoms with Crippen LogP contribution in [0, 0.1) is 0 Å². The summed E-state index contributed by atoms with van der Waals surface area (Å²) >= 11 is 0. The maximum atomic E-state index is 10.7. The van der Waals surface area contributed by atoms with Gasteiger partial charge in [-0.25, -0.2) is 0 Å². The number of carbonyl (C=O) groups is 1. The van der Waals surface area contributed by atoms with Crippen LogP contribution in [0.15, 0.2) is 0 Å². The van der Waals surface area contributed by atoms with Crippen molar-refractivity contribution in [3.05, 3.63) is 0 Å². The van der Waals surface area contributed by atoms with E-state index in [4.69, 9.17) is 4.74 Å². The van der Waals surface area contributed by atoms with Crippen LogP contribution in [0.4, 0.5) is 0 Å². The summed E-state index contributed by atoms with van der Waals surface area (Å²) in [6.07, 6.45) is 0. The van der Waals surface area contributed by atoms with Crippen LogP contribution in [0.5, 0.6) is 0 Å². The standard InChI is InChI=1S/C7H13NO2/c1-6(9)8-4-7(2,5-8)10-3/h4-5H2,1-3H3. The second kappa shape index (κ2) is 2.23. The lowest BCUT2D eigenvalue weighted by atomic mass is 9.97. The first-order chi connectivity index (χ1) is 4.57. The fourth-order valence-corrected chi connectivity index (χ4v) is 1.11. The average molecular weight is 143 g/mol. The average Bonchev–Trinajstić information content (AvgIpc) is 1.80. The molecule has 1 fully saturated rings. The number of amides is 1. The molecular formula is C7H13NO2. The molecule has 0 bridgehead atoms. The Kier molecular flexibility index (Phi) is 1.68. The Morgan fingerprint density at radius 2 is 2.10 bits per heavy atom. The van der Waals surface area contributed by atoms with Gasteiger partial charge < -0.3 is 9.64 Å². The fraction of sp³-hybridized carbons (Fsp3) is 0.857. The van der Waals surface area contributed by atoms with Gasteiger partial charge in [0.15, 0.2) is 0 Å². The molecule has 0 aromatic heterocycles. The molecule has 0 unspecified atom stereocenters. The Hall–Kier alpha value is -0.570. The Balaban J connectivity index is 2.36. The summed E-state index contributed by atoms with van der Waals surface area (Å²) in [5, 5.41) is 0. The van der Waals surface area contributed by atoms with Gasteiger partial charge in [0.2, 0.25) is 5.91 Å². The van der Waals surface area contributed by atoms with Crippen LogP contribution in [0.2, 0.25) is 0 Å². The number of ether oxygens (including phenoxy) is 1. The summed E-state index contributed by atoms with van der Waals surface area (Å²) in [7, 11) is 1.68. The number of carbonyl (C=O) groups excluding carboxylic acids is 1. The molecule has 1 amide bonds. The van der Waals surface area contributed by atoms with Gasteiger partial charge in [-0.05, 0) is 6.92 Å². The second-order valence-electron chi connectivity index (χ2n) is 3.03. The highest BCUT2D eigenvalue weighted by Crippen LogP contribution is 2.23. The fourth-order valence-electron chi connectivity index (χ4n) is 1.11. The van der Waals surface area contributed by atoms with Gasteiger partial charge in [-0.1, -0.05) is 0 Å². The molecule has 0 spiro atoms. The Morgan fingerprint density at radius 3 is 2.40 bits per heavy atom. The third kappa shape index (κ3) is 1.14. The summed E-state index contributed by atoms with van der Waals surface area (Å²) in [5.74, 6) is 0.134. The van der Waals surface area contributed by atoms with Crippen LogP contribution >= 0.6 is 0 Å². The van der Waals surface area contributed by atoms with E-state index in [0.29, 0.717) is 0 Å². The molecule has 0 aromatic carbocycles. The lowest BCUT2D eigenvalue weighted by molar-refractivity contribution is -0.155. The molecule has 1 aliphatic heterocycles. The monoisotopic (exact) mass is 143 g/mol. The summed E-state index contributed by atoms with van der Waals surface area (Å²) < 4.78 is 5.16. The Morgan fingerprint density at radius 1 is 1.60 bits per heavy atom. The summed E-state index contributed by atoms with van der Waals surface area (Å²) in [4.78, 5) is 12.5. The number of hydrogen-bond acceptors (Lipinski definition) is 2. The van der Waals surface area contributed by atoms with Crippen molar-refractivity contribution in [2.45, 2.75) is 19.4 Å². The van der Waals surface area contributed by atoms with Gasteiger partial charge in [-0.15, -0.1) is 0 Å². The lowest BCUT2D eigenvalue weighted by Gasteiger charge is -2.46. The van der Waals surface area contributed by atoms with Crippen molar-refractivity contribution in [2.24, 2.45) is 0 Å². The molecule has 1 saturated heterocycles. The molecule has 10 heavy (non-hydrogen) atoms. The molecule has 0 radical (unpaired) electrons. The first-order valence-corrected chi connectivity index (χ1v) is 3.38. The number of rotatable bonds is 1. The first kappa shape index (κ1) is 7.54. The molecule has 3 heteroatoms. The highest BCUT2D eigenvalue weighted by molar-refractivity contribution is 5.74. The van der Waals surface area contributed by atoms with Crippen molar-refractivity contribution >= 4 is 5.91 Å². The molecule has 1 aliphatic rings. The van der Waals surface area contributed by atoms with Crippen molar-refractivity contribution in [1.29, 1.82) is 0 Å². The zero-order valence-corrected chi connectivity index (χ0v) is 6.68. The minimum atomic E-state index is -0.0777. The second-order valence-corrected chi connectivity index (χ2v) is 3.03. The van der Waals surface area contributed by atoms with Crippen LogP contribution < -0.4 is 0 Å². The Bertz CT molecular complexity index is 150. The smallest absolute Gasteiger partial charge is 0.219 e. The van der Waals surface area contributed by atoms with Gasteiger partial charge >= 0.3 is 0 Å². The van der Waals surface area contributed by atoms with Crippen LogP contribution in [0.1, 0.15) is 13.8 Å². The van der Waals surface area contributed by atoms with Crippen LogP contribution in [0.25, 0.3) is 0 Å². The highest BCUT2D eigenvalue weighted by Gasteiger charge is 2.39. The quantitative estimate of drug-likeness (QED) is 0.526. The van der Waals surface area contributed by atoms with E-state index in [-0.39, 0.29) is 11.5 Å². The predicted octanol–water partition coefficient (Wildman–Crippen LogP) is 0.254. The largest absolute Gasteiger partial charge is 0.375 e. The minimum Gasteiger partial charge on any atom is -0.375 e. The van der Waals surface area contributed by atoms with E-state index in [0.717, 1.165) is 13.1 Å². The van der Waals surface area contributed by atoms with E-state index < -0.39 is 0 Å². The van der Waals surface area contributed by atoms with Crippen LogP contribution in [0.3, 0.4) is 0 Å². The first-order valence-electron chi connectivity index (χ1n) is 3.38. The topological polar surface area (TPSA) is 29.5 Å². The van der Waals surface area contributed by atoms with Crippen molar-refractivity contribution in [1.82, 2.24) is 4.90 Å². The van der Waals surface area contributed by atoms with E-state index >= 15 is 0 Å². The van der Waals surface area contributed by atoms with Crippen LogP contribution in [-0.4, -0.2) is 36.6 Å². The van der Waals surface area contributed by atoms with Crippen molar-refractivity contribution in [3.63, 3.8) is 0 Å². The zero-order chi connectivity index (χ0) is 7.78. The normalized spacial score (nSPS) is 22.1. The van der Waals surface area contributed by atoms with E-state index in [1.165, 1.54) is 0 Å². The SMILES string of the molecule is COC1(C)CN(C(C)=O)C1. The molecule has 1 rings (SSSR count). The van der Waals surface area contributed by atoms with Gasteiger partial charge in [-0.2, -0.15) is 0 Å². The third-order valence-electron chi connectivity index (χ3n) is 1.99. The third-order valence-corrected chi connectivity index (χ3v) is 1.99. The molecular weight excluding hydrogens is 130 g/mol. The molecule has 58 valence electrons. The van der Waals surface area contributed by atoms with Gasteiger partial charge in [-0.3, -0.25) is 4.79 Å². The molecule has 0 N–H and O–H groups in total. The number of methoxy groups -OCH3 is 1. The van der Waals surface area contributed by atoms with Crippen molar-refractivity contribution in [2.75, 3.05) is 20.2 Å². The van der Waals surface area contributed by atoms with Gasteiger partial charge in [0, 0.05) is 14.0 Å². The van der Waals surface area contributed by atoms with E-state index in [9.17, 15) is 4.79 Å². The number of nitrogens with zero attached hydrogens (tertiary/aromatic N) is 1. The maximum Gasteiger partial charge on any atom is 0.219 e. The van der Waals surface area contributed by atoms with Crippen molar-refractivity contribution < 1.29 is 9.53 Å². The van der Waals surface area contributed by atoms with Crippen LogP contribution in [-0.2, 0) is 9.53 Å². The lowest BCUT2D eigenvalue weighted by Crippen LogP contribution is -2.62. The maximum absolute atomic E-state index is 10.7. The number of hydrogen-bond donors (Lipinski definition) is 0. The molecule has 0 aromatic rings. The van der Waals surface area contributed by atoms with E-state index in [1.807, 2.05) is 6.92 Å². The highest BCUT2D eigenvalue weighted by atomic mass is 16.5. The zero-order valence-electron chi connectivity index (χ0n) is 6.68. The molecule has 3 nitrogen and oxygen atoms in total. The predicted molar refractivity (Wildman–Crippen MR) is 37.7 cm³/mol. The summed E-state index contributed by atoms with van der Waals surface area (Å²) in [5.41, 5.74) is -0.0777.